The van der Waals surface area contributed by atoms with Crippen molar-refractivity contribution in [2.45, 2.75) is 25.7 Å². The number of hydrogen-bond donors (Lipinski definition) is 0. The van der Waals surface area contributed by atoms with Crippen LogP contribution in [0.2, 0.25) is 0 Å². The topological polar surface area (TPSA) is 34.9 Å². The van der Waals surface area contributed by atoms with Gasteiger partial charge < -0.3 is 0 Å². The molecule has 0 atom stereocenters. The first-order valence-corrected chi connectivity index (χ1v) is 6.70. The van der Waals surface area contributed by atoms with E-state index < -0.39 is 0 Å². The van der Waals surface area contributed by atoms with E-state index in [2.05, 4.69) is 11.2 Å². The lowest BCUT2D eigenvalue weighted by Gasteiger charge is -2.08. The minimum absolute atomic E-state index is 0.109. The fraction of sp³-hybridized carbons (Fsp3) is 0.385. The molecule has 3 rings (SSSR count). The number of carbonyl (C=O) groups is 1. The fourth-order valence-electron chi connectivity index (χ4n) is 2.28. The smallest absolute Gasteiger partial charge is 0.206 e. The number of carbonyl (C=O) groups excluding carboxylic acids is 1. The molecule has 0 spiro atoms. The Kier molecular flexibility index (Phi) is 2.59. The quantitative estimate of drug-likeness (QED) is 0.763. The summed E-state index contributed by atoms with van der Waals surface area (Å²) in [5, 5.41) is 4.05. The van der Waals surface area contributed by atoms with Gasteiger partial charge in [-0.3, -0.25) is 9.48 Å². The lowest BCUT2D eigenvalue weighted by molar-refractivity contribution is 0.104. The molecule has 4 heteroatoms. The van der Waals surface area contributed by atoms with E-state index in [0.29, 0.717) is 5.56 Å². The molecule has 1 aliphatic carbocycles. The Labute approximate surface area is 104 Å². The molecule has 17 heavy (non-hydrogen) atoms. The maximum Gasteiger partial charge on any atom is 0.206 e. The molecular formula is C13H14N2OS. The van der Waals surface area contributed by atoms with Crippen LogP contribution in [0.1, 0.15) is 38.5 Å². The van der Waals surface area contributed by atoms with Gasteiger partial charge in [-0.2, -0.15) is 5.10 Å². The van der Waals surface area contributed by atoms with Crippen LogP contribution in [0.4, 0.5) is 0 Å². The summed E-state index contributed by atoms with van der Waals surface area (Å²) in [6, 6.07) is 2.08. The fourth-order valence-corrected chi connectivity index (χ4v) is 3.50. The van der Waals surface area contributed by atoms with Crippen molar-refractivity contribution in [1.29, 1.82) is 0 Å². The molecule has 2 heterocycles. The maximum absolute atomic E-state index is 12.2. The number of fused-ring (bicyclic) bond motifs is 1. The third-order valence-corrected chi connectivity index (χ3v) is 4.42. The highest BCUT2D eigenvalue weighted by molar-refractivity contribution is 7.14. The molecule has 0 aromatic carbocycles. The highest BCUT2D eigenvalue weighted by Crippen LogP contribution is 2.30. The maximum atomic E-state index is 12.2. The van der Waals surface area contributed by atoms with Crippen LogP contribution in [0.3, 0.4) is 0 Å². The van der Waals surface area contributed by atoms with E-state index >= 15 is 0 Å². The molecule has 0 amide bonds. The van der Waals surface area contributed by atoms with Gasteiger partial charge in [-0.1, -0.05) is 0 Å². The summed E-state index contributed by atoms with van der Waals surface area (Å²) < 4.78 is 1.67. The van der Waals surface area contributed by atoms with Gasteiger partial charge >= 0.3 is 0 Å². The normalized spacial score (nSPS) is 14.6. The van der Waals surface area contributed by atoms with Gasteiger partial charge in [0.1, 0.15) is 0 Å². The largest absolute Gasteiger partial charge is 0.288 e. The summed E-state index contributed by atoms with van der Waals surface area (Å²) in [7, 11) is 1.83. The third-order valence-electron chi connectivity index (χ3n) is 3.19. The average Bonchev–Trinajstić information content (AvgIpc) is 2.93. The number of nitrogens with zero attached hydrogens (tertiary/aromatic N) is 2. The van der Waals surface area contributed by atoms with Crippen LogP contribution in [-0.4, -0.2) is 15.6 Å². The van der Waals surface area contributed by atoms with Crippen molar-refractivity contribution in [2.75, 3.05) is 0 Å². The van der Waals surface area contributed by atoms with E-state index in [1.807, 2.05) is 7.05 Å². The zero-order valence-corrected chi connectivity index (χ0v) is 10.6. The second kappa shape index (κ2) is 4.11. The van der Waals surface area contributed by atoms with Crippen LogP contribution in [-0.2, 0) is 19.9 Å². The molecule has 0 fully saturated rings. The van der Waals surface area contributed by atoms with Gasteiger partial charge in [-0.05, 0) is 37.3 Å². The van der Waals surface area contributed by atoms with Crippen LogP contribution in [0, 0.1) is 0 Å². The van der Waals surface area contributed by atoms with Gasteiger partial charge in [0, 0.05) is 18.1 Å². The highest BCUT2D eigenvalue weighted by Gasteiger charge is 2.18. The third kappa shape index (κ3) is 1.93. The van der Waals surface area contributed by atoms with Crippen LogP contribution in [0.15, 0.2) is 18.5 Å². The highest BCUT2D eigenvalue weighted by atomic mass is 32.1. The van der Waals surface area contributed by atoms with E-state index in [1.165, 1.54) is 23.3 Å². The Bertz CT molecular complexity index is 544. The van der Waals surface area contributed by atoms with Gasteiger partial charge in [0.2, 0.25) is 5.78 Å². The van der Waals surface area contributed by atoms with E-state index in [4.69, 9.17) is 0 Å². The SMILES string of the molecule is Cn1cc(C(=O)c2cc3c(s2)CCCC3)cn1. The molecule has 0 saturated carbocycles. The second-order valence-corrected chi connectivity index (χ2v) is 5.63. The summed E-state index contributed by atoms with van der Waals surface area (Å²) in [6.07, 6.45) is 8.20. The van der Waals surface area contributed by atoms with Crippen LogP contribution in [0.25, 0.3) is 0 Å². The number of hydrogen-bond acceptors (Lipinski definition) is 3. The Balaban J connectivity index is 1.94. The summed E-state index contributed by atoms with van der Waals surface area (Å²) in [5.74, 6) is 0.109. The summed E-state index contributed by atoms with van der Waals surface area (Å²) >= 11 is 1.66. The van der Waals surface area contributed by atoms with E-state index in [-0.39, 0.29) is 5.78 Å². The zero-order chi connectivity index (χ0) is 11.8. The minimum Gasteiger partial charge on any atom is -0.288 e. The lowest BCUT2D eigenvalue weighted by Crippen LogP contribution is -1.97. The zero-order valence-electron chi connectivity index (χ0n) is 9.77. The molecule has 3 nitrogen and oxygen atoms in total. The molecule has 0 saturated heterocycles. The van der Waals surface area contributed by atoms with Gasteiger partial charge in [0.15, 0.2) is 0 Å². The first-order chi connectivity index (χ1) is 8.24. The number of aryl methyl sites for hydroxylation is 3. The van der Waals surface area contributed by atoms with Crippen LogP contribution >= 0.6 is 11.3 Å². The number of thiophene rings is 1. The molecule has 0 aliphatic heterocycles. The van der Waals surface area contributed by atoms with Gasteiger partial charge in [0.25, 0.3) is 0 Å². The Hall–Kier alpha value is -1.42. The van der Waals surface area contributed by atoms with Crippen LogP contribution < -0.4 is 0 Å². The predicted molar refractivity (Wildman–Crippen MR) is 67.6 cm³/mol. The molecular weight excluding hydrogens is 232 g/mol. The molecule has 0 unspecified atom stereocenters. The minimum atomic E-state index is 0.109. The molecule has 88 valence electrons. The summed E-state index contributed by atoms with van der Waals surface area (Å²) in [6.45, 7) is 0. The summed E-state index contributed by atoms with van der Waals surface area (Å²) in [5.41, 5.74) is 2.07. The predicted octanol–water partition coefficient (Wildman–Crippen LogP) is 2.59. The van der Waals surface area contributed by atoms with Gasteiger partial charge in [-0.15, -0.1) is 11.3 Å². The standard InChI is InChI=1S/C13H14N2OS/c1-15-8-10(7-14-15)13(16)12-6-9-4-2-3-5-11(9)17-12/h6-8H,2-5H2,1H3. The van der Waals surface area contributed by atoms with Crippen molar-refractivity contribution < 1.29 is 4.79 Å². The second-order valence-electron chi connectivity index (χ2n) is 4.50. The Morgan fingerprint density at radius 1 is 1.41 bits per heavy atom. The average molecular weight is 246 g/mol. The molecule has 0 N–H and O–H groups in total. The molecule has 2 aromatic heterocycles. The van der Waals surface area contributed by atoms with E-state index in [1.54, 1.807) is 28.4 Å². The Morgan fingerprint density at radius 2 is 2.24 bits per heavy atom. The van der Waals surface area contributed by atoms with Crippen molar-refractivity contribution in [1.82, 2.24) is 9.78 Å². The molecule has 0 bridgehead atoms. The first-order valence-electron chi connectivity index (χ1n) is 5.89. The van der Waals surface area contributed by atoms with E-state index in [9.17, 15) is 4.79 Å². The lowest BCUT2D eigenvalue weighted by atomic mass is 9.99. The number of aromatic nitrogens is 2. The molecule has 2 aromatic rings. The Morgan fingerprint density at radius 3 is 2.94 bits per heavy atom. The monoisotopic (exact) mass is 246 g/mol. The molecule has 1 aliphatic rings. The van der Waals surface area contributed by atoms with Crippen molar-refractivity contribution in [2.24, 2.45) is 7.05 Å². The van der Waals surface area contributed by atoms with Crippen molar-refractivity contribution in [3.05, 3.63) is 39.3 Å². The number of rotatable bonds is 2. The number of ketones is 1. The van der Waals surface area contributed by atoms with Gasteiger partial charge in [0.05, 0.1) is 16.6 Å². The summed E-state index contributed by atoms with van der Waals surface area (Å²) in [4.78, 5) is 14.5. The van der Waals surface area contributed by atoms with Crippen molar-refractivity contribution in [3.8, 4) is 0 Å². The van der Waals surface area contributed by atoms with Gasteiger partial charge in [-0.25, -0.2) is 0 Å². The van der Waals surface area contributed by atoms with Crippen molar-refractivity contribution >= 4 is 17.1 Å². The first kappa shape index (κ1) is 10.7. The molecule has 0 radical (unpaired) electrons. The van der Waals surface area contributed by atoms with E-state index in [0.717, 1.165) is 17.7 Å². The van der Waals surface area contributed by atoms with Crippen molar-refractivity contribution in [3.63, 3.8) is 0 Å². The van der Waals surface area contributed by atoms with Crippen LogP contribution in [0.5, 0.6) is 0 Å².